The first-order valence-electron chi connectivity index (χ1n) is 5.92. The van der Waals surface area contributed by atoms with Crippen LogP contribution in [-0.2, 0) is 21.9 Å². The molecule has 0 aliphatic heterocycles. The van der Waals surface area contributed by atoms with Gasteiger partial charge in [0.05, 0.1) is 11.3 Å². The Labute approximate surface area is 113 Å². The van der Waals surface area contributed by atoms with E-state index >= 15 is 0 Å². The summed E-state index contributed by atoms with van der Waals surface area (Å²) in [4.78, 5) is 10.8. The molecule has 0 bridgehead atoms. The highest BCUT2D eigenvalue weighted by Gasteiger charge is 2.34. The summed E-state index contributed by atoms with van der Waals surface area (Å²) >= 11 is 0. The van der Waals surface area contributed by atoms with Crippen LogP contribution in [0.4, 0.5) is 0 Å². The molecule has 0 aliphatic rings. The number of hydrogen-bond donors (Lipinski definition) is 1. The third-order valence-electron chi connectivity index (χ3n) is 2.67. The van der Waals surface area contributed by atoms with Gasteiger partial charge in [-0.1, -0.05) is 0 Å². The Morgan fingerprint density at radius 1 is 1.42 bits per heavy atom. The van der Waals surface area contributed by atoms with Gasteiger partial charge < -0.3 is 9.67 Å². The lowest BCUT2D eigenvalue weighted by molar-refractivity contribution is -0.137. The Balaban J connectivity index is 3.13. The number of rotatable bonds is 5. The highest BCUT2D eigenvalue weighted by Crippen LogP contribution is 2.24. The fourth-order valence-corrected chi connectivity index (χ4v) is 3.61. The van der Waals surface area contributed by atoms with E-state index in [0.29, 0.717) is 0 Å². The number of aryl methyl sites for hydroxylation is 1. The predicted octanol–water partition coefficient (Wildman–Crippen LogP) is 1.29. The molecule has 7 heteroatoms. The number of hydrogen-bond acceptors (Lipinski definition) is 3. The Morgan fingerprint density at radius 3 is 2.37 bits per heavy atom. The Kier molecular flexibility index (Phi) is 4.42. The number of carboxylic acids is 1. The fourth-order valence-electron chi connectivity index (χ4n) is 1.77. The summed E-state index contributed by atoms with van der Waals surface area (Å²) in [5.41, 5.74) is -0.676. The largest absolute Gasteiger partial charge is 0.481 e. The highest BCUT2D eigenvalue weighted by atomic mass is 32.2. The van der Waals surface area contributed by atoms with Gasteiger partial charge in [0, 0.05) is 31.5 Å². The average molecular weight is 288 g/mol. The van der Waals surface area contributed by atoms with Crippen LogP contribution >= 0.6 is 0 Å². The third kappa shape index (κ3) is 3.81. The molecule has 108 valence electrons. The maximum absolute atomic E-state index is 12.5. The molecular formula is C12H20N2O4S. The van der Waals surface area contributed by atoms with Crippen LogP contribution in [0.1, 0.15) is 27.2 Å². The number of nitrogens with zero attached hydrogens (tertiary/aromatic N) is 2. The molecule has 1 N–H and O–H groups in total. The maximum Gasteiger partial charge on any atom is 0.304 e. The Bertz CT molecular complexity index is 555. The van der Waals surface area contributed by atoms with Crippen LogP contribution in [0.2, 0.25) is 0 Å². The van der Waals surface area contributed by atoms with Crippen molar-refractivity contribution in [3.63, 3.8) is 0 Å². The monoisotopic (exact) mass is 288 g/mol. The zero-order valence-corrected chi connectivity index (χ0v) is 12.4. The molecule has 1 aromatic rings. The van der Waals surface area contributed by atoms with Crippen LogP contribution in [-0.4, -0.2) is 40.4 Å². The molecule has 1 aromatic heterocycles. The SMILES string of the molecule is Cn1ccc(S(=O)(=O)N(CCC(=O)O)C(C)(C)C)c1. The van der Waals surface area contributed by atoms with Crippen LogP contribution in [0.3, 0.4) is 0 Å². The van der Waals surface area contributed by atoms with Crippen molar-refractivity contribution in [1.29, 1.82) is 0 Å². The summed E-state index contributed by atoms with van der Waals surface area (Å²) in [5, 5.41) is 8.74. The van der Waals surface area contributed by atoms with Crippen molar-refractivity contribution >= 4 is 16.0 Å². The van der Waals surface area contributed by atoms with E-state index in [0.717, 1.165) is 0 Å². The van der Waals surface area contributed by atoms with Gasteiger partial charge in [-0.25, -0.2) is 8.42 Å². The molecule has 6 nitrogen and oxygen atoms in total. The summed E-state index contributed by atoms with van der Waals surface area (Å²) in [7, 11) is -1.95. The number of sulfonamides is 1. The van der Waals surface area contributed by atoms with Gasteiger partial charge in [0.2, 0.25) is 10.0 Å². The van der Waals surface area contributed by atoms with E-state index in [1.54, 1.807) is 38.6 Å². The van der Waals surface area contributed by atoms with Crippen LogP contribution in [0.25, 0.3) is 0 Å². The maximum atomic E-state index is 12.5. The van der Waals surface area contributed by atoms with Crippen molar-refractivity contribution in [3.8, 4) is 0 Å². The summed E-state index contributed by atoms with van der Waals surface area (Å²) in [6.45, 7) is 5.19. The minimum absolute atomic E-state index is 0.0456. The smallest absolute Gasteiger partial charge is 0.304 e. The molecule has 1 heterocycles. The molecule has 0 aliphatic carbocycles. The molecule has 19 heavy (non-hydrogen) atoms. The average Bonchev–Trinajstić information content (AvgIpc) is 2.62. The van der Waals surface area contributed by atoms with E-state index in [4.69, 9.17) is 5.11 Å². The molecule has 0 atom stereocenters. The Hall–Kier alpha value is -1.34. The molecule has 0 fully saturated rings. The first kappa shape index (κ1) is 15.7. The zero-order chi connectivity index (χ0) is 14.8. The van der Waals surface area contributed by atoms with Crippen molar-refractivity contribution in [2.45, 2.75) is 37.6 Å². The summed E-state index contributed by atoms with van der Waals surface area (Å²) in [6.07, 6.45) is 2.93. The molecule has 0 unspecified atom stereocenters. The summed E-state index contributed by atoms with van der Waals surface area (Å²) < 4.78 is 27.9. The lowest BCUT2D eigenvalue weighted by Gasteiger charge is -2.33. The second-order valence-corrected chi connectivity index (χ2v) is 7.27. The number of aliphatic carboxylic acids is 1. The third-order valence-corrected chi connectivity index (χ3v) is 4.82. The minimum atomic E-state index is -3.68. The van der Waals surface area contributed by atoms with Crippen molar-refractivity contribution < 1.29 is 18.3 Å². The molecule has 0 saturated heterocycles. The predicted molar refractivity (Wildman–Crippen MR) is 71.3 cm³/mol. The first-order chi connectivity index (χ1) is 8.55. The second kappa shape index (κ2) is 5.34. The van der Waals surface area contributed by atoms with Crippen molar-refractivity contribution in [3.05, 3.63) is 18.5 Å². The van der Waals surface area contributed by atoms with E-state index in [1.165, 1.54) is 16.6 Å². The molecule has 0 saturated carbocycles. The van der Waals surface area contributed by atoms with Gasteiger partial charge in [0.25, 0.3) is 0 Å². The molecular weight excluding hydrogens is 268 g/mol. The van der Waals surface area contributed by atoms with E-state index in [9.17, 15) is 13.2 Å². The van der Waals surface area contributed by atoms with Crippen LogP contribution < -0.4 is 0 Å². The van der Waals surface area contributed by atoms with Crippen molar-refractivity contribution in [1.82, 2.24) is 8.87 Å². The van der Waals surface area contributed by atoms with Crippen molar-refractivity contribution in [2.24, 2.45) is 7.05 Å². The zero-order valence-electron chi connectivity index (χ0n) is 11.6. The molecule has 0 radical (unpaired) electrons. The first-order valence-corrected chi connectivity index (χ1v) is 7.36. The molecule has 1 rings (SSSR count). The van der Waals surface area contributed by atoms with Gasteiger partial charge in [-0.2, -0.15) is 4.31 Å². The number of carboxylic acid groups (broad SMARTS) is 1. The van der Waals surface area contributed by atoms with Gasteiger partial charge in [-0.15, -0.1) is 0 Å². The standard InChI is InChI=1S/C12H20N2O4S/c1-12(2,3)14(8-6-11(15)16)19(17,18)10-5-7-13(4)9-10/h5,7,9H,6,8H2,1-4H3,(H,15,16). The number of carbonyl (C=O) groups is 1. The van der Waals surface area contributed by atoms with Crippen LogP contribution in [0.15, 0.2) is 23.4 Å². The second-order valence-electron chi connectivity index (χ2n) is 5.40. The number of aromatic nitrogens is 1. The van der Waals surface area contributed by atoms with Gasteiger partial charge in [0.15, 0.2) is 0 Å². The van der Waals surface area contributed by atoms with Gasteiger partial charge in [0.1, 0.15) is 0 Å². The van der Waals surface area contributed by atoms with Gasteiger partial charge in [-0.3, -0.25) is 4.79 Å². The van der Waals surface area contributed by atoms with E-state index in [1.807, 2.05) is 0 Å². The van der Waals surface area contributed by atoms with Crippen LogP contribution in [0.5, 0.6) is 0 Å². The molecule has 0 spiro atoms. The van der Waals surface area contributed by atoms with Crippen molar-refractivity contribution in [2.75, 3.05) is 6.54 Å². The lowest BCUT2D eigenvalue weighted by Crippen LogP contribution is -2.46. The molecule has 0 amide bonds. The quantitative estimate of drug-likeness (QED) is 0.885. The van der Waals surface area contributed by atoms with Crippen LogP contribution in [0, 0.1) is 0 Å². The van der Waals surface area contributed by atoms with E-state index < -0.39 is 21.5 Å². The molecule has 0 aromatic carbocycles. The van der Waals surface area contributed by atoms with E-state index in [2.05, 4.69) is 0 Å². The summed E-state index contributed by atoms with van der Waals surface area (Å²) in [6, 6.07) is 1.51. The fraction of sp³-hybridized carbons (Fsp3) is 0.583. The summed E-state index contributed by atoms with van der Waals surface area (Å²) in [5.74, 6) is -1.02. The highest BCUT2D eigenvalue weighted by molar-refractivity contribution is 7.89. The lowest BCUT2D eigenvalue weighted by atomic mass is 10.1. The minimum Gasteiger partial charge on any atom is -0.481 e. The van der Waals surface area contributed by atoms with E-state index in [-0.39, 0.29) is 17.9 Å². The topological polar surface area (TPSA) is 79.6 Å². The normalized spacial score (nSPS) is 12.9. The van der Waals surface area contributed by atoms with Gasteiger partial charge in [-0.05, 0) is 26.8 Å². The Morgan fingerprint density at radius 2 is 2.00 bits per heavy atom. The van der Waals surface area contributed by atoms with Gasteiger partial charge >= 0.3 is 5.97 Å².